The monoisotopic (exact) mass is 236 g/mol. The minimum atomic E-state index is -0.145. The highest BCUT2D eigenvalue weighted by Gasteiger charge is 2.34. The van der Waals surface area contributed by atoms with Crippen LogP contribution in [0.1, 0.15) is 24.8 Å². The largest absolute Gasteiger partial charge is 0.307 e. The van der Waals surface area contributed by atoms with Crippen molar-refractivity contribution in [2.45, 2.75) is 24.8 Å². The fourth-order valence-corrected chi connectivity index (χ4v) is 2.77. The topological polar surface area (TPSA) is 15.3 Å². The van der Waals surface area contributed by atoms with Crippen molar-refractivity contribution in [3.8, 4) is 0 Å². The Morgan fingerprint density at radius 2 is 2.18 bits per heavy atom. The number of hydrogen-bond donors (Lipinski definition) is 1. The van der Waals surface area contributed by atoms with E-state index in [1.54, 1.807) is 12.1 Å². The Hall–Kier alpha value is -0.930. The van der Waals surface area contributed by atoms with E-state index in [0.717, 1.165) is 25.1 Å². The second kappa shape index (κ2) is 5.15. The van der Waals surface area contributed by atoms with E-state index in [1.807, 2.05) is 6.07 Å². The molecule has 0 spiro atoms. The van der Waals surface area contributed by atoms with Gasteiger partial charge in [-0.15, -0.1) is 0 Å². The molecule has 0 amide bonds. The quantitative estimate of drug-likeness (QED) is 0.866. The van der Waals surface area contributed by atoms with Gasteiger partial charge in [0.2, 0.25) is 0 Å². The van der Waals surface area contributed by atoms with Crippen molar-refractivity contribution >= 4 is 0 Å². The number of nitrogens with one attached hydrogen (secondary N) is 1. The van der Waals surface area contributed by atoms with Gasteiger partial charge in [-0.25, -0.2) is 4.39 Å². The third kappa shape index (κ3) is 2.85. The maximum atomic E-state index is 13.4. The molecule has 2 rings (SSSR count). The van der Waals surface area contributed by atoms with Crippen LogP contribution in [0.2, 0.25) is 0 Å². The van der Waals surface area contributed by atoms with E-state index in [1.165, 1.54) is 18.9 Å². The highest BCUT2D eigenvalue weighted by atomic mass is 19.1. The van der Waals surface area contributed by atoms with E-state index in [4.69, 9.17) is 0 Å². The Kier molecular flexibility index (Phi) is 3.79. The van der Waals surface area contributed by atoms with Gasteiger partial charge in [0, 0.05) is 6.54 Å². The van der Waals surface area contributed by atoms with Crippen LogP contribution in [0, 0.1) is 5.82 Å². The van der Waals surface area contributed by atoms with E-state index in [-0.39, 0.29) is 11.4 Å². The van der Waals surface area contributed by atoms with Gasteiger partial charge in [-0.05, 0) is 57.6 Å². The lowest BCUT2D eigenvalue weighted by molar-refractivity contribution is 0.190. The molecule has 1 fully saturated rings. The molecular formula is C14H21FN2. The zero-order chi connectivity index (χ0) is 12.3. The molecule has 17 heavy (non-hydrogen) atoms. The Balaban J connectivity index is 2.31. The highest BCUT2D eigenvalue weighted by Crippen LogP contribution is 2.31. The Morgan fingerprint density at radius 3 is 2.76 bits per heavy atom. The summed E-state index contributed by atoms with van der Waals surface area (Å²) in [6, 6.07) is 7.01. The fraction of sp³-hybridized carbons (Fsp3) is 0.571. The minimum absolute atomic E-state index is 0.0795. The summed E-state index contributed by atoms with van der Waals surface area (Å²) < 4.78 is 13.4. The molecule has 1 aliphatic heterocycles. The first-order chi connectivity index (χ1) is 8.12. The second-order valence-corrected chi connectivity index (χ2v) is 5.21. The first kappa shape index (κ1) is 12.5. The molecule has 94 valence electrons. The first-order valence-electron chi connectivity index (χ1n) is 6.28. The van der Waals surface area contributed by atoms with Gasteiger partial charge in [0.15, 0.2) is 0 Å². The van der Waals surface area contributed by atoms with Crippen LogP contribution in [0.4, 0.5) is 4.39 Å². The molecule has 1 saturated heterocycles. The minimum Gasteiger partial charge on any atom is -0.307 e. The molecular weight excluding hydrogens is 215 g/mol. The van der Waals surface area contributed by atoms with Crippen molar-refractivity contribution in [3.63, 3.8) is 0 Å². The molecule has 1 atom stereocenters. The summed E-state index contributed by atoms with van der Waals surface area (Å²) in [6.07, 6.45) is 3.50. The van der Waals surface area contributed by atoms with Gasteiger partial charge in [0.05, 0.1) is 5.54 Å². The summed E-state index contributed by atoms with van der Waals surface area (Å²) >= 11 is 0. The summed E-state index contributed by atoms with van der Waals surface area (Å²) in [5.74, 6) is -0.145. The lowest BCUT2D eigenvalue weighted by Crippen LogP contribution is -2.52. The number of halogens is 1. The molecule has 2 nitrogen and oxygen atoms in total. The van der Waals surface area contributed by atoms with Crippen LogP contribution in [-0.4, -0.2) is 32.1 Å². The van der Waals surface area contributed by atoms with Gasteiger partial charge in [-0.2, -0.15) is 0 Å². The molecule has 0 radical (unpaired) electrons. The van der Waals surface area contributed by atoms with E-state index in [2.05, 4.69) is 24.3 Å². The summed E-state index contributed by atoms with van der Waals surface area (Å²) in [4.78, 5) is 2.17. The second-order valence-electron chi connectivity index (χ2n) is 5.21. The number of nitrogens with zero attached hydrogens (tertiary/aromatic N) is 1. The Bertz CT molecular complexity index is 370. The zero-order valence-electron chi connectivity index (χ0n) is 10.7. The van der Waals surface area contributed by atoms with Gasteiger partial charge in [-0.1, -0.05) is 12.1 Å². The number of hydrogen-bond acceptors (Lipinski definition) is 2. The van der Waals surface area contributed by atoms with Gasteiger partial charge in [0.25, 0.3) is 0 Å². The van der Waals surface area contributed by atoms with Crippen molar-refractivity contribution in [1.82, 2.24) is 10.2 Å². The van der Waals surface area contributed by atoms with Crippen molar-refractivity contribution in [2.75, 3.05) is 27.2 Å². The van der Waals surface area contributed by atoms with Crippen LogP contribution in [0.3, 0.4) is 0 Å². The summed E-state index contributed by atoms with van der Waals surface area (Å²) in [5, 5.41) is 3.60. The van der Waals surface area contributed by atoms with Crippen molar-refractivity contribution < 1.29 is 4.39 Å². The number of rotatable bonds is 3. The first-order valence-corrected chi connectivity index (χ1v) is 6.28. The molecule has 1 aromatic carbocycles. The van der Waals surface area contributed by atoms with E-state index < -0.39 is 0 Å². The number of piperidine rings is 1. The molecule has 1 N–H and O–H groups in total. The number of likely N-dealkylation sites (N-methyl/N-ethyl adjacent to an activating group) is 1. The van der Waals surface area contributed by atoms with Crippen LogP contribution < -0.4 is 5.32 Å². The molecule has 1 heterocycles. The summed E-state index contributed by atoms with van der Waals surface area (Å²) in [5.41, 5.74) is 0.995. The van der Waals surface area contributed by atoms with Crippen molar-refractivity contribution in [1.29, 1.82) is 0 Å². The molecule has 0 aromatic heterocycles. The maximum Gasteiger partial charge on any atom is 0.123 e. The van der Waals surface area contributed by atoms with E-state index >= 15 is 0 Å². The standard InChI is InChI=1S/C14H21FN2/c1-17(2)11-14(8-3-4-9-16-14)12-6-5-7-13(15)10-12/h5-7,10,16H,3-4,8-9,11H2,1-2H3. The van der Waals surface area contributed by atoms with Crippen LogP contribution in [-0.2, 0) is 5.54 Å². The van der Waals surface area contributed by atoms with Crippen LogP contribution in [0.5, 0.6) is 0 Å². The third-order valence-electron chi connectivity index (χ3n) is 3.46. The summed E-state index contributed by atoms with van der Waals surface area (Å²) in [6.45, 7) is 1.93. The fourth-order valence-electron chi connectivity index (χ4n) is 2.77. The molecule has 3 heteroatoms. The molecule has 1 aliphatic rings. The highest BCUT2D eigenvalue weighted by molar-refractivity contribution is 5.26. The Morgan fingerprint density at radius 1 is 1.35 bits per heavy atom. The van der Waals surface area contributed by atoms with Gasteiger partial charge in [-0.3, -0.25) is 0 Å². The predicted molar refractivity (Wildman–Crippen MR) is 68.5 cm³/mol. The smallest absolute Gasteiger partial charge is 0.123 e. The molecule has 0 saturated carbocycles. The molecule has 0 aliphatic carbocycles. The molecule has 0 bridgehead atoms. The van der Waals surface area contributed by atoms with Gasteiger partial charge < -0.3 is 10.2 Å². The third-order valence-corrected chi connectivity index (χ3v) is 3.46. The number of benzene rings is 1. The SMILES string of the molecule is CN(C)CC1(c2cccc(F)c2)CCCCN1. The maximum absolute atomic E-state index is 13.4. The van der Waals surface area contributed by atoms with E-state index in [9.17, 15) is 4.39 Å². The normalized spacial score (nSPS) is 25.2. The lowest BCUT2D eigenvalue weighted by Gasteiger charge is -2.41. The molecule has 1 aromatic rings. The van der Waals surface area contributed by atoms with Crippen LogP contribution in [0.25, 0.3) is 0 Å². The van der Waals surface area contributed by atoms with Crippen LogP contribution >= 0.6 is 0 Å². The van der Waals surface area contributed by atoms with E-state index in [0.29, 0.717) is 0 Å². The van der Waals surface area contributed by atoms with Crippen LogP contribution in [0.15, 0.2) is 24.3 Å². The summed E-state index contributed by atoms with van der Waals surface area (Å²) in [7, 11) is 4.13. The van der Waals surface area contributed by atoms with Gasteiger partial charge >= 0.3 is 0 Å². The van der Waals surface area contributed by atoms with Gasteiger partial charge in [0.1, 0.15) is 5.82 Å². The zero-order valence-corrected chi connectivity index (χ0v) is 10.7. The average Bonchev–Trinajstić information content (AvgIpc) is 2.29. The Labute approximate surface area is 103 Å². The predicted octanol–water partition coefficient (Wildman–Crippen LogP) is 2.36. The lowest BCUT2D eigenvalue weighted by atomic mass is 9.82. The average molecular weight is 236 g/mol. The molecule has 1 unspecified atom stereocenters. The van der Waals surface area contributed by atoms with Crippen molar-refractivity contribution in [2.24, 2.45) is 0 Å². The van der Waals surface area contributed by atoms with Crippen molar-refractivity contribution in [3.05, 3.63) is 35.6 Å².